The average molecular weight is 324 g/mol. The van der Waals surface area contributed by atoms with Crippen molar-refractivity contribution in [2.75, 3.05) is 6.54 Å². The van der Waals surface area contributed by atoms with Gasteiger partial charge in [-0.15, -0.1) is 12.4 Å². The van der Waals surface area contributed by atoms with E-state index >= 15 is 0 Å². The van der Waals surface area contributed by atoms with Crippen LogP contribution in [0, 0.1) is 0 Å². The summed E-state index contributed by atoms with van der Waals surface area (Å²) >= 11 is 3.24. The standard InChI is InChI=1S/C11H15BrN2O2.ClH/c1-7(13)4-5-14-11(16)9-6-8(12)2-3-10(9)15;/h2-3,6-7,15H,4-5,13H2,1H3,(H,14,16);1H. The van der Waals surface area contributed by atoms with Gasteiger partial charge in [0.15, 0.2) is 0 Å². The molecule has 1 aromatic rings. The lowest BCUT2D eigenvalue weighted by Crippen LogP contribution is -2.28. The highest BCUT2D eigenvalue weighted by Crippen LogP contribution is 2.21. The molecule has 0 radical (unpaired) electrons. The van der Waals surface area contributed by atoms with Crippen LogP contribution in [-0.2, 0) is 0 Å². The van der Waals surface area contributed by atoms with Gasteiger partial charge in [-0.05, 0) is 31.5 Å². The predicted molar refractivity (Wildman–Crippen MR) is 73.7 cm³/mol. The van der Waals surface area contributed by atoms with Gasteiger partial charge in [0, 0.05) is 17.1 Å². The molecule has 0 aromatic heterocycles. The van der Waals surface area contributed by atoms with Gasteiger partial charge in [0.05, 0.1) is 5.56 Å². The summed E-state index contributed by atoms with van der Waals surface area (Å²) in [6.45, 7) is 2.38. The summed E-state index contributed by atoms with van der Waals surface area (Å²) in [5, 5.41) is 12.2. The van der Waals surface area contributed by atoms with Gasteiger partial charge in [-0.2, -0.15) is 0 Å². The molecule has 0 fully saturated rings. The van der Waals surface area contributed by atoms with Gasteiger partial charge in [0.1, 0.15) is 5.75 Å². The number of phenols is 1. The largest absolute Gasteiger partial charge is 0.507 e. The minimum Gasteiger partial charge on any atom is -0.507 e. The number of aromatic hydroxyl groups is 1. The molecule has 6 heteroatoms. The van der Waals surface area contributed by atoms with Crippen molar-refractivity contribution >= 4 is 34.2 Å². The number of rotatable bonds is 4. The second-order valence-corrected chi connectivity index (χ2v) is 4.60. The van der Waals surface area contributed by atoms with Crippen molar-refractivity contribution in [1.29, 1.82) is 0 Å². The summed E-state index contributed by atoms with van der Waals surface area (Å²) in [6, 6.07) is 4.78. The van der Waals surface area contributed by atoms with E-state index < -0.39 is 0 Å². The van der Waals surface area contributed by atoms with Crippen molar-refractivity contribution in [2.45, 2.75) is 19.4 Å². The number of carbonyl (C=O) groups is 1. The Hall–Kier alpha value is -0.780. The molecule has 4 N–H and O–H groups in total. The zero-order valence-electron chi connectivity index (χ0n) is 9.44. The molecule has 0 aliphatic carbocycles. The first-order valence-corrected chi connectivity index (χ1v) is 5.82. The SMILES string of the molecule is CC(N)CCNC(=O)c1cc(Br)ccc1O.Cl. The van der Waals surface area contributed by atoms with Gasteiger partial charge in [-0.25, -0.2) is 0 Å². The molecule has 1 amide bonds. The summed E-state index contributed by atoms with van der Waals surface area (Å²) in [7, 11) is 0. The third kappa shape index (κ3) is 5.39. The number of nitrogens with one attached hydrogen (secondary N) is 1. The van der Waals surface area contributed by atoms with Gasteiger partial charge in [-0.3, -0.25) is 4.79 Å². The molecule has 0 spiro atoms. The predicted octanol–water partition coefficient (Wildman–Crippen LogP) is 2.04. The van der Waals surface area contributed by atoms with Crippen LogP contribution in [0.5, 0.6) is 5.75 Å². The highest BCUT2D eigenvalue weighted by atomic mass is 79.9. The first-order valence-electron chi connectivity index (χ1n) is 5.03. The number of hydrogen-bond acceptors (Lipinski definition) is 3. The Morgan fingerprint density at radius 2 is 2.24 bits per heavy atom. The molecular formula is C11H16BrClN2O2. The number of nitrogens with two attached hydrogens (primary N) is 1. The van der Waals surface area contributed by atoms with Gasteiger partial charge >= 0.3 is 0 Å². The van der Waals surface area contributed by atoms with Crippen LogP contribution in [0.15, 0.2) is 22.7 Å². The number of amides is 1. The van der Waals surface area contributed by atoms with Crippen molar-refractivity contribution in [3.05, 3.63) is 28.2 Å². The van der Waals surface area contributed by atoms with Gasteiger partial charge in [0.2, 0.25) is 0 Å². The Kier molecular flexibility index (Phi) is 7.18. The van der Waals surface area contributed by atoms with E-state index in [4.69, 9.17) is 5.73 Å². The Morgan fingerprint density at radius 1 is 1.59 bits per heavy atom. The number of benzene rings is 1. The first-order chi connectivity index (χ1) is 7.50. The monoisotopic (exact) mass is 322 g/mol. The molecule has 0 saturated carbocycles. The Balaban J connectivity index is 0.00000256. The molecule has 1 atom stereocenters. The molecule has 4 nitrogen and oxygen atoms in total. The van der Waals surface area contributed by atoms with E-state index in [0.717, 1.165) is 4.47 Å². The summed E-state index contributed by atoms with van der Waals surface area (Å²) < 4.78 is 0.752. The maximum atomic E-state index is 11.7. The molecule has 1 aromatic carbocycles. The molecular weight excluding hydrogens is 307 g/mol. The highest BCUT2D eigenvalue weighted by molar-refractivity contribution is 9.10. The molecule has 0 bridgehead atoms. The number of phenolic OH excluding ortho intramolecular Hbond substituents is 1. The minimum absolute atomic E-state index is 0. The minimum atomic E-state index is -0.292. The Bertz CT molecular complexity index is 386. The van der Waals surface area contributed by atoms with E-state index in [1.54, 1.807) is 12.1 Å². The van der Waals surface area contributed by atoms with Crippen LogP contribution in [0.1, 0.15) is 23.7 Å². The summed E-state index contributed by atoms with van der Waals surface area (Å²) in [5.74, 6) is -0.319. The smallest absolute Gasteiger partial charge is 0.255 e. The highest BCUT2D eigenvalue weighted by Gasteiger charge is 2.10. The van der Waals surface area contributed by atoms with Crippen molar-refractivity contribution in [3.63, 3.8) is 0 Å². The zero-order valence-corrected chi connectivity index (χ0v) is 11.8. The lowest BCUT2D eigenvalue weighted by Gasteiger charge is -2.08. The van der Waals surface area contributed by atoms with Crippen LogP contribution < -0.4 is 11.1 Å². The average Bonchev–Trinajstić information content (AvgIpc) is 2.21. The van der Waals surface area contributed by atoms with Crippen LogP contribution in [-0.4, -0.2) is 23.6 Å². The fourth-order valence-corrected chi connectivity index (χ4v) is 1.56. The van der Waals surface area contributed by atoms with Crippen molar-refractivity contribution < 1.29 is 9.90 Å². The molecule has 0 aliphatic heterocycles. The first kappa shape index (κ1) is 16.2. The molecule has 0 saturated heterocycles. The maximum Gasteiger partial charge on any atom is 0.255 e. The van der Waals surface area contributed by atoms with Crippen LogP contribution in [0.2, 0.25) is 0 Å². The van der Waals surface area contributed by atoms with E-state index in [1.165, 1.54) is 6.07 Å². The summed E-state index contributed by atoms with van der Waals surface area (Å²) in [4.78, 5) is 11.7. The fraction of sp³-hybridized carbons (Fsp3) is 0.364. The van der Waals surface area contributed by atoms with Gasteiger partial charge in [-0.1, -0.05) is 15.9 Å². The molecule has 0 heterocycles. The maximum absolute atomic E-state index is 11.7. The van der Waals surface area contributed by atoms with E-state index in [1.807, 2.05) is 6.92 Å². The van der Waals surface area contributed by atoms with E-state index in [2.05, 4.69) is 21.2 Å². The van der Waals surface area contributed by atoms with Crippen molar-refractivity contribution in [3.8, 4) is 5.75 Å². The zero-order chi connectivity index (χ0) is 12.1. The van der Waals surface area contributed by atoms with E-state index in [9.17, 15) is 9.90 Å². The molecule has 0 aliphatic rings. The second kappa shape index (κ2) is 7.53. The van der Waals surface area contributed by atoms with Gasteiger partial charge in [0.25, 0.3) is 5.91 Å². The van der Waals surface area contributed by atoms with Crippen LogP contribution >= 0.6 is 28.3 Å². The normalized spacial score (nSPS) is 11.5. The summed E-state index contributed by atoms with van der Waals surface area (Å²) in [5.41, 5.74) is 5.83. The molecule has 96 valence electrons. The molecule has 1 rings (SSSR count). The lowest BCUT2D eigenvalue weighted by atomic mass is 10.2. The van der Waals surface area contributed by atoms with Crippen molar-refractivity contribution in [1.82, 2.24) is 5.32 Å². The lowest BCUT2D eigenvalue weighted by molar-refractivity contribution is 0.0950. The number of carbonyl (C=O) groups excluding carboxylic acids is 1. The second-order valence-electron chi connectivity index (χ2n) is 3.68. The third-order valence-electron chi connectivity index (χ3n) is 2.09. The van der Waals surface area contributed by atoms with Crippen molar-refractivity contribution in [2.24, 2.45) is 5.73 Å². The molecule has 1 unspecified atom stereocenters. The topological polar surface area (TPSA) is 75.3 Å². The van der Waals surface area contributed by atoms with E-state index in [0.29, 0.717) is 13.0 Å². The number of halogens is 2. The number of hydrogen-bond donors (Lipinski definition) is 3. The van der Waals surface area contributed by atoms with Gasteiger partial charge < -0.3 is 16.2 Å². The quantitative estimate of drug-likeness (QED) is 0.794. The van der Waals surface area contributed by atoms with Crippen LogP contribution in [0.25, 0.3) is 0 Å². The van der Waals surface area contributed by atoms with Crippen LogP contribution in [0.4, 0.5) is 0 Å². The fourth-order valence-electron chi connectivity index (χ4n) is 1.20. The molecule has 17 heavy (non-hydrogen) atoms. The van der Waals surface area contributed by atoms with Crippen LogP contribution in [0.3, 0.4) is 0 Å². The Morgan fingerprint density at radius 3 is 2.82 bits per heavy atom. The van der Waals surface area contributed by atoms with E-state index in [-0.39, 0.29) is 35.7 Å². The summed E-state index contributed by atoms with van der Waals surface area (Å²) in [6.07, 6.45) is 0.709. The Labute approximate surface area is 115 Å². The third-order valence-corrected chi connectivity index (χ3v) is 2.58.